The number of benzene rings is 1. The average molecular weight is 210 g/mol. The lowest BCUT2D eigenvalue weighted by molar-refractivity contribution is 1.09. The summed E-state index contributed by atoms with van der Waals surface area (Å²) < 4.78 is 0. The highest BCUT2D eigenvalue weighted by Crippen LogP contribution is 2.16. The quantitative estimate of drug-likeness (QED) is 0.698. The van der Waals surface area contributed by atoms with Crippen LogP contribution in [0.15, 0.2) is 12.1 Å². The van der Waals surface area contributed by atoms with E-state index < -0.39 is 0 Å². The highest BCUT2D eigenvalue weighted by molar-refractivity contribution is 7.80. The summed E-state index contributed by atoms with van der Waals surface area (Å²) in [5, 5.41) is 0. The topological polar surface area (TPSA) is 0 Å². The summed E-state index contributed by atoms with van der Waals surface area (Å²) in [6, 6.07) is 4.48. The fourth-order valence-corrected chi connectivity index (χ4v) is 1.94. The van der Waals surface area contributed by atoms with Crippen LogP contribution >= 0.6 is 12.6 Å². The highest BCUT2D eigenvalue weighted by atomic mass is 32.1. The van der Waals surface area contributed by atoms with E-state index >= 15 is 0 Å². The predicted octanol–water partition coefficient (Wildman–Crippen LogP) is 4.11. The third-order valence-electron chi connectivity index (χ3n) is 2.20. The fraction of sp³-hybridized carbons (Fsp3) is 0.538. The van der Waals surface area contributed by atoms with Crippen LogP contribution in [0.1, 0.15) is 36.1 Å². The van der Waals surface area contributed by atoms with Gasteiger partial charge < -0.3 is 0 Å². The van der Waals surface area contributed by atoms with Gasteiger partial charge in [-0.1, -0.05) is 31.5 Å². The summed E-state index contributed by atoms with van der Waals surface area (Å²) in [4.78, 5) is 0. The van der Waals surface area contributed by atoms with Crippen molar-refractivity contribution >= 4 is 12.6 Å². The Hall–Kier alpha value is -0.430. The van der Waals surface area contributed by atoms with Crippen LogP contribution in [0.25, 0.3) is 0 Å². The van der Waals surface area contributed by atoms with E-state index in [-0.39, 0.29) is 0 Å². The van der Waals surface area contributed by atoms with Gasteiger partial charge in [0.2, 0.25) is 0 Å². The van der Waals surface area contributed by atoms with Gasteiger partial charge in [0.1, 0.15) is 0 Å². The van der Waals surface area contributed by atoms with E-state index in [2.05, 4.69) is 45.5 Å². The van der Waals surface area contributed by atoms with Gasteiger partial charge in [0.05, 0.1) is 0 Å². The molecule has 0 fully saturated rings. The smallest absolute Gasteiger partial charge is 0.00572 e. The summed E-state index contributed by atoms with van der Waals surface area (Å²) in [7, 11) is 0. The highest BCUT2D eigenvalue weighted by Gasteiger charge is 2.01. The van der Waals surface area contributed by atoms with Crippen LogP contribution in [-0.4, -0.2) is 5.75 Å². The second kappa shape index (κ2) is 6.94. The zero-order valence-corrected chi connectivity index (χ0v) is 10.9. The van der Waals surface area contributed by atoms with Crippen molar-refractivity contribution in [1.29, 1.82) is 0 Å². The second-order valence-corrected chi connectivity index (χ2v) is 3.80. The Morgan fingerprint density at radius 3 is 1.79 bits per heavy atom. The molecular formula is C13H22S. The van der Waals surface area contributed by atoms with Crippen molar-refractivity contribution < 1.29 is 0 Å². The van der Waals surface area contributed by atoms with E-state index in [9.17, 15) is 0 Å². The molecule has 0 amide bonds. The number of aryl methyl sites for hydroxylation is 3. The van der Waals surface area contributed by atoms with Gasteiger partial charge in [-0.2, -0.15) is 12.6 Å². The van der Waals surface area contributed by atoms with Crippen LogP contribution in [0.2, 0.25) is 0 Å². The molecule has 80 valence electrons. The molecule has 0 aliphatic carbocycles. The van der Waals surface area contributed by atoms with Crippen molar-refractivity contribution in [2.24, 2.45) is 0 Å². The van der Waals surface area contributed by atoms with Gasteiger partial charge in [0.25, 0.3) is 0 Å². The summed E-state index contributed by atoms with van der Waals surface area (Å²) in [6.07, 6.45) is 1.08. The van der Waals surface area contributed by atoms with Gasteiger partial charge in [0, 0.05) is 0 Å². The minimum Gasteiger partial charge on any atom is -0.179 e. The molecule has 0 bridgehead atoms. The van der Waals surface area contributed by atoms with Gasteiger partial charge in [-0.15, -0.1) is 0 Å². The zero-order chi connectivity index (χ0) is 11.1. The fourth-order valence-electron chi connectivity index (χ4n) is 1.72. The zero-order valence-electron chi connectivity index (χ0n) is 10.0. The van der Waals surface area contributed by atoms with Crippen LogP contribution in [0, 0.1) is 20.8 Å². The minimum atomic E-state index is 0.935. The van der Waals surface area contributed by atoms with Crippen LogP contribution in [0.3, 0.4) is 0 Å². The van der Waals surface area contributed by atoms with Crippen LogP contribution in [0.4, 0.5) is 0 Å². The lowest BCUT2D eigenvalue weighted by Gasteiger charge is -2.09. The standard InChI is InChI=1S/C11H16S.C2H6/c1-8-6-9(2)11(4-5-12)10(3)7-8;1-2/h6-7,12H,4-5H2,1-3H3;1-2H3. The Bertz CT molecular complexity index is 254. The first-order chi connectivity index (χ1) is 6.65. The van der Waals surface area contributed by atoms with Gasteiger partial charge >= 0.3 is 0 Å². The molecular weight excluding hydrogens is 188 g/mol. The van der Waals surface area contributed by atoms with Crippen molar-refractivity contribution in [3.8, 4) is 0 Å². The molecule has 0 atom stereocenters. The van der Waals surface area contributed by atoms with E-state index in [1.54, 1.807) is 0 Å². The molecule has 0 unspecified atom stereocenters. The van der Waals surface area contributed by atoms with Crippen LogP contribution < -0.4 is 0 Å². The molecule has 1 aromatic carbocycles. The van der Waals surface area contributed by atoms with E-state index in [0.29, 0.717) is 0 Å². The molecule has 1 rings (SSSR count). The maximum absolute atomic E-state index is 4.25. The molecule has 0 nitrogen and oxygen atoms in total. The van der Waals surface area contributed by atoms with Crippen molar-refractivity contribution in [3.05, 3.63) is 34.4 Å². The second-order valence-electron chi connectivity index (χ2n) is 3.35. The van der Waals surface area contributed by atoms with Crippen molar-refractivity contribution in [2.75, 3.05) is 5.75 Å². The molecule has 0 saturated carbocycles. The molecule has 0 N–H and O–H groups in total. The summed E-state index contributed by atoms with van der Waals surface area (Å²) in [5.74, 6) is 0.935. The van der Waals surface area contributed by atoms with E-state index in [1.807, 2.05) is 13.8 Å². The van der Waals surface area contributed by atoms with Crippen LogP contribution in [0.5, 0.6) is 0 Å². The minimum absolute atomic E-state index is 0.935. The summed E-state index contributed by atoms with van der Waals surface area (Å²) in [5.41, 5.74) is 5.63. The number of hydrogen-bond acceptors (Lipinski definition) is 1. The molecule has 14 heavy (non-hydrogen) atoms. The predicted molar refractivity (Wildman–Crippen MR) is 69.6 cm³/mol. The molecule has 1 aromatic rings. The largest absolute Gasteiger partial charge is 0.179 e. The lowest BCUT2D eigenvalue weighted by atomic mass is 9.98. The first kappa shape index (κ1) is 13.6. The van der Waals surface area contributed by atoms with E-state index in [1.165, 1.54) is 22.3 Å². The van der Waals surface area contributed by atoms with E-state index in [0.717, 1.165) is 12.2 Å². The molecule has 0 heterocycles. The Morgan fingerprint density at radius 1 is 1.00 bits per heavy atom. The maximum Gasteiger partial charge on any atom is -0.00572 e. The van der Waals surface area contributed by atoms with E-state index in [4.69, 9.17) is 0 Å². The molecule has 0 aliphatic heterocycles. The van der Waals surface area contributed by atoms with Crippen molar-refractivity contribution in [1.82, 2.24) is 0 Å². The SMILES string of the molecule is CC.Cc1cc(C)c(CCS)c(C)c1. The Morgan fingerprint density at radius 2 is 1.43 bits per heavy atom. The van der Waals surface area contributed by atoms with Gasteiger partial charge in [-0.25, -0.2) is 0 Å². The monoisotopic (exact) mass is 210 g/mol. The lowest BCUT2D eigenvalue weighted by Crippen LogP contribution is -1.95. The van der Waals surface area contributed by atoms with Crippen LogP contribution in [-0.2, 0) is 6.42 Å². The van der Waals surface area contributed by atoms with Crippen molar-refractivity contribution in [3.63, 3.8) is 0 Å². The molecule has 0 spiro atoms. The number of rotatable bonds is 2. The Balaban J connectivity index is 0.000000791. The summed E-state index contributed by atoms with van der Waals surface area (Å²) >= 11 is 4.25. The molecule has 0 aromatic heterocycles. The molecule has 1 heteroatoms. The third-order valence-corrected chi connectivity index (χ3v) is 2.43. The van der Waals surface area contributed by atoms with Gasteiger partial charge in [-0.05, 0) is 49.6 Å². The first-order valence-electron chi connectivity index (χ1n) is 5.32. The summed E-state index contributed by atoms with van der Waals surface area (Å²) in [6.45, 7) is 10.5. The normalized spacial score (nSPS) is 9.29. The first-order valence-corrected chi connectivity index (χ1v) is 5.96. The number of thiol groups is 1. The Kier molecular flexibility index (Phi) is 6.73. The van der Waals surface area contributed by atoms with Gasteiger partial charge in [0.15, 0.2) is 0 Å². The average Bonchev–Trinajstić information content (AvgIpc) is 2.14. The molecule has 0 aliphatic rings. The maximum atomic E-state index is 4.25. The Labute approximate surface area is 94.1 Å². The molecule has 0 saturated heterocycles. The third kappa shape index (κ3) is 3.75. The molecule has 0 radical (unpaired) electrons. The van der Waals surface area contributed by atoms with Gasteiger partial charge in [-0.3, -0.25) is 0 Å². The van der Waals surface area contributed by atoms with Crippen molar-refractivity contribution in [2.45, 2.75) is 41.0 Å². The number of hydrogen-bond donors (Lipinski definition) is 1.